The van der Waals surface area contributed by atoms with Crippen molar-refractivity contribution in [3.8, 4) is 0 Å². The van der Waals surface area contributed by atoms with Gasteiger partial charge in [0.2, 0.25) is 0 Å². The van der Waals surface area contributed by atoms with Gasteiger partial charge in [-0.3, -0.25) is 9.98 Å². The third-order valence-corrected chi connectivity index (χ3v) is 8.91. The fourth-order valence-corrected chi connectivity index (χ4v) is 6.00. The van der Waals surface area contributed by atoms with Gasteiger partial charge in [0.25, 0.3) is 0 Å². The van der Waals surface area contributed by atoms with Gasteiger partial charge < -0.3 is 0 Å². The van der Waals surface area contributed by atoms with Crippen LogP contribution < -0.4 is 0 Å². The van der Waals surface area contributed by atoms with Crippen LogP contribution in [0.25, 0.3) is 0 Å². The third-order valence-electron chi connectivity index (χ3n) is 8.91. The molecule has 0 N–H and O–H groups in total. The monoisotopic (exact) mass is 601 g/mol. The second kappa shape index (κ2) is 27.1. The highest BCUT2D eigenvalue weighted by Gasteiger charge is 2.10. The summed E-state index contributed by atoms with van der Waals surface area (Å²) in [4.78, 5) is 10.2. The standard InChI is InChI=1S/C42H68N2/c1-4-7-10-11-12-13-14-15-16-17-18-19-20-21-22-23-24-26-29-38-34-36-40(37-35-38)44-42(33-9-6-3)41(32-8-5-2)43-39-30-27-25-28-31-39/h25,27-28,30-31,34-37H,4-24,26,29,32-33H2,1-3H3. The molecule has 0 aliphatic heterocycles. The Kier molecular flexibility index (Phi) is 23.4. The van der Waals surface area contributed by atoms with Crippen LogP contribution in [0.15, 0.2) is 64.6 Å². The number of nitrogens with zero attached hydrogens (tertiary/aromatic N) is 2. The maximum atomic E-state index is 5.16. The Morgan fingerprint density at radius 3 is 1.16 bits per heavy atom. The Labute approximate surface area is 273 Å². The van der Waals surface area contributed by atoms with E-state index in [9.17, 15) is 0 Å². The smallest absolute Gasteiger partial charge is 0.0633 e. The molecule has 246 valence electrons. The SMILES string of the molecule is CCCCCCCCCCCCCCCCCCCCc1ccc(N=C(CCCC)C(CCCC)=Nc2ccccc2)cc1. The van der Waals surface area contributed by atoms with Crippen molar-refractivity contribution in [2.24, 2.45) is 9.98 Å². The fourth-order valence-electron chi connectivity index (χ4n) is 6.00. The predicted molar refractivity (Wildman–Crippen MR) is 199 cm³/mol. The van der Waals surface area contributed by atoms with Crippen LogP contribution in [0.1, 0.15) is 180 Å². The summed E-state index contributed by atoms with van der Waals surface area (Å²) in [5.74, 6) is 0. The van der Waals surface area contributed by atoms with Gasteiger partial charge in [0.1, 0.15) is 0 Å². The lowest BCUT2D eigenvalue weighted by Crippen LogP contribution is -2.14. The third kappa shape index (κ3) is 19.2. The Bertz CT molecular complexity index is 973. The van der Waals surface area contributed by atoms with Crippen LogP contribution >= 0.6 is 0 Å². The summed E-state index contributed by atoms with van der Waals surface area (Å²) in [5, 5.41) is 0. The van der Waals surface area contributed by atoms with Crippen molar-refractivity contribution in [3.05, 3.63) is 60.2 Å². The number of hydrogen-bond donors (Lipinski definition) is 0. The molecular weight excluding hydrogens is 532 g/mol. The molecule has 0 saturated carbocycles. The van der Waals surface area contributed by atoms with E-state index < -0.39 is 0 Å². The van der Waals surface area contributed by atoms with Crippen molar-refractivity contribution in [3.63, 3.8) is 0 Å². The molecule has 0 unspecified atom stereocenters. The molecule has 0 aromatic heterocycles. The zero-order valence-corrected chi connectivity index (χ0v) is 29.3. The van der Waals surface area contributed by atoms with E-state index >= 15 is 0 Å². The first-order valence-electron chi connectivity index (χ1n) is 19.1. The van der Waals surface area contributed by atoms with E-state index in [1.54, 1.807) is 0 Å². The number of aliphatic imine (C=N–C) groups is 2. The summed E-state index contributed by atoms with van der Waals surface area (Å²) >= 11 is 0. The maximum Gasteiger partial charge on any atom is 0.0633 e. The molecule has 0 saturated heterocycles. The molecule has 0 atom stereocenters. The minimum atomic E-state index is 0.991. The first-order chi connectivity index (χ1) is 21.8. The number of benzene rings is 2. The maximum absolute atomic E-state index is 5.16. The molecule has 0 heterocycles. The minimum Gasteiger partial charge on any atom is -0.252 e. The lowest BCUT2D eigenvalue weighted by Gasteiger charge is -2.11. The molecular formula is C42H68N2. The van der Waals surface area contributed by atoms with Crippen molar-refractivity contribution in [1.29, 1.82) is 0 Å². The van der Waals surface area contributed by atoms with Crippen LogP contribution in [0.4, 0.5) is 11.4 Å². The molecule has 0 bridgehead atoms. The number of hydrogen-bond acceptors (Lipinski definition) is 2. The summed E-state index contributed by atoms with van der Waals surface area (Å²) in [6.45, 7) is 6.81. The first kappa shape index (κ1) is 38.0. The number of para-hydroxylation sites is 1. The van der Waals surface area contributed by atoms with Crippen molar-refractivity contribution in [2.45, 2.75) is 181 Å². The van der Waals surface area contributed by atoms with Crippen LogP contribution in [0.2, 0.25) is 0 Å². The van der Waals surface area contributed by atoms with Crippen LogP contribution in [-0.2, 0) is 6.42 Å². The average molecular weight is 601 g/mol. The molecule has 0 amide bonds. The molecule has 2 rings (SSSR count). The van der Waals surface area contributed by atoms with Crippen LogP contribution in [0.3, 0.4) is 0 Å². The summed E-state index contributed by atoms with van der Waals surface area (Å²) in [5.41, 5.74) is 5.87. The van der Waals surface area contributed by atoms with Crippen LogP contribution in [0.5, 0.6) is 0 Å². The molecule has 0 spiro atoms. The average Bonchev–Trinajstić information content (AvgIpc) is 3.05. The first-order valence-corrected chi connectivity index (χ1v) is 19.1. The Balaban J connectivity index is 1.63. The van der Waals surface area contributed by atoms with Gasteiger partial charge >= 0.3 is 0 Å². The highest BCUT2D eigenvalue weighted by Crippen LogP contribution is 2.21. The van der Waals surface area contributed by atoms with Gasteiger partial charge in [-0.05, 0) is 68.4 Å². The fraction of sp³-hybridized carbons (Fsp3) is 0.667. The van der Waals surface area contributed by atoms with Gasteiger partial charge in [-0.15, -0.1) is 0 Å². The lowest BCUT2D eigenvalue weighted by atomic mass is 10.0. The highest BCUT2D eigenvalue weighted by molar-refractivity contribution is 6.43. The quantitative estimate of drug-likeness (QED) is 0.0685. The van der Waals surface area contributed by atoms with E-state index in [0.29, 0.717) is 0 Å². The zero-order chi connectivity index (χ0) is 31.3. The molecule has 0 radical (unpaired) electrons. The largest absolute Gasteiger partial charge is 0.252 e. The molecule has 0 fully saturated rings. The van der Waals surface area contributed by atoms with Crippen molar-refractivity contribution < 1.29 is 0 Å². The van der Waals surface area contributed by atoms with Crippen molar-refractivity contribution in [2.75, 3.05) is 0 Å². The van der Waals surface area contributed by atoms with Gasteiger partial charge in [-0.1, -0.05) is 173 Å². The molecule has 0 aliphatic carbocycles. The van der Waals surface area contributed by atoms with E-state index in [4.69, 9.17) is 9.98 Å². The normalized spacial score (nSPS) is 12.2. The summed E-state index contributed by atoms with van der Waals surface area (Å²) in [6, 6.07) is 19.4. The second-order valence-corrected chi connectivity index (χ2v) is 13.1. The van der Waals surface area contributed by atoms with E-state index in [-0.39, 0.29) is 0 Å². The van der Waals surface area contributed by atoms with Crippen molar-refractivity contribution in [1.82, 2.24) is 0 Å². The van der Waals surface area contributed by atoms with E-state index in [1.807, 2.05) is 0 Å². The molecule has 44 heavy (non-hydrogen) atoms. The van der Waals surface area contributed by atoms with E-state index in [2.05, 4.69) is 75.4 Å². The predicted octanol–water partition coefficient (Wildman–Crippen LogP) is 14.5. The molecule has 2 nitrogen and oxygen atoms in total. The van der Waals surface area contributed by atoms with Gasteiger partial charge in [0, 0.05) is 0 Å². The topological polar surface area (TPSA) is 24.7 Å². The van der Waals surface area contributed by atoms with E-state index in [0.717, 1.165) is 42.8 Å². The number of unbranched alkanes of at least 4 members (excludes halogenated alkanes) is 19. The highest BCUT2D eigenvalue weighted by atomic mass is 14.8. The minimum absolute atomic E-state index is 0.991. The number of aryl methyl sites for hydroxylation is 1. The Morgan fingerprint density at radius 1 is 0.386 bits per heavy atom. The zero-order valence-electron chi connectivity index (χ0n) is 29.3. The molecule has 2 aromatic rings. The van der Waals surface area contributed by atoms with Crippen LogP contribution in [-0.4, -0.2) is 11.4 Å². The lowest BCUT2D eigenvalue weighted by molar-refractivity contribution is 0.525. The number of rotatable bonds is 28. The Morgan fingerprint density at radius 2 is 0.750 bits per heavy atom. The van der Waals surface area contributed by atoms with Gasteiger partial charge in [-0.2, -0.15) is 0 Å². The summed E-state index contributed by atoms with van der Waals surface area (Å²) in [7, 11) is 0. The summed E-state index contributed by atoms with van der Waals surface area (Å²) < 4.78 is 0. The molecule has 2 aromatic carbocycles. The van der Waals surface area contributed by atoms with Gasteiger partial charge in [0.05, 0.1) is 22.8 Å². The van der Waals surface area contributed by atoms with Gasteiger partial charge in [0.15, 0.2) is 0 Å². The van der Waals surface area contributed by atoms with Gasteiger partial charge in [-0.25, -0.2) is 0 Å². The Hall–Kier alpha value is -2.22. The van der Waals surface area contributed by atoms with Crippen molar-refractivity contribution >= 4 is 22.8 Å². The summed E-state index contributed by atoms with van der Waals surface area (Å²) in [6.07, 6.45) is 33.5. The van der Waals surface area contributed by atoms with Crippen LogP contribution in [0, 0.1) is 0 Å². The molecule has 2 heteroatoms. The van der Waals surface area contributed by atoms with E-state index in [1.165, 1.54) is 146 Å². The second-order valence-electron chi connectivity index (χ2n) is 13.1. The molecule has 0 aliphatic rings.